The van der Waals surface area contributed by atoms with E-state index in [-0.39, 0.29) is 0 Å². The third kappa shape index (κ3) is 2.82. The Balaban J connectivity index is 1.72. The fourth-order valence-electron chi connectivity index (χ4n) is 3.32. The summed E-state index contributed by atoms with van der Waals surface area (Å²) in [4.78, 5) is 2.01. The van der Waals surface area contributed by atoms with E-state index in [1.807, 2.05) is 35.8 Å². The molecule has 0 unspecified atom stereocenters. The number of thiol groups is 1. The molecule has 1 saturated heterocycles. The second-order valence-corrected chi connectivity index (χ2v) is 8.26. The molecule has 1 aliphatic heterocycles. The van der Waals surface area contributed by atoms with Gasteiger partial charge in [0.05, 0.1) is 11.7 Å². The van der Waals surface area contributed by atoms with Gasteiger partial charge in [0.2, 0.25) is 5.82 Å². The molecule has 5 rings (SSSR count). The summed E-state index contributed by atoms with van der Waals surface area (Å²) in [6.45, 7) is 2.04. The molecule has 3 heterocycles. The van der Waals surface area contributed by atoms with Gasteiger partial charge in [-0.05, 0) is 28.5 Å². The van der Waals surface area contributed by atoms with Crippen molar-refractivity contribution in [3.63, 3.8) is 0 Å². The number of aromatic nitrogens is 6. The first-order valence-electron chi connectivity index (χ1n) is 8.60. The standard InChI is InChI=1S/C18H17N7S2/c1-25-14-4-2-3-11(13(14)9-20-25)12-5-6-15(27-10-7-19-8-10)17(26)16(12)18-21-23-24-22-18/h2-6,9-10,19,26H,7-8H2,1H3,(H,21,22,23,24). The van der Waals surface area contributed by atoms with E-state index < -0.39 is 0 Å². The predicted octanol–water partition coefficient (Wildman–Crippen LogP) is 2.77. The maximum absolute atomic E-state index is 4.87. The number of nitrogens with zero attached hydrogens (tertiary/aromatic N) is 5. The SMILES string of the molecule is Cn1ncc2c(-c3ccc(SC4CNC4)c(S)c3-c3nn[nH]n3)cccc21. The molecular weight excluding hydrogens is 378 g/mol. The van der Waals surface area contributed by atoms with Crippen molar-refractivity contribution in [2.24, 2.45) is 7.05 Å². The van der Waals surface area contributed by atoms with E-state index in [9.17, 15) is 0 Å². The Morgan fingerprint density at radius 2 is 2.07 bits per heavy atom. The smallest absolute Gasteiger partial charge is 0.206 e. The third-order valence-corrected chi connectivity index (χ3v) is 6.71. The van der Waals surface area contributed by atoms with Crippen LogP contribution in [0.4, 0.5) is 0 Å². The molecule has 2 aromatic heterocycles. The number of H-pyrrole nitrogens is 1. The molecule has 1 fully saturated rings. The van der Waals surface area contributed by atoms with Crippen LogP contribution in [0, 0.1) is 0 Å². The number of hydrogen-bond donors (Lipinski definition) is 3. The first kappa shape index (κ1) is 16.8. The Hall–Kier alpha value is -2.36. The Morgan fingerprint density at radius 3 is 2.81 bits per heavy atom. The molecular formula is C18H17N7S2. The lowest BCUT2D eigenvalue weighted by atomic mass is 9.96. The van der Waals surface area contributed by atoms with Crippen molar-refractivity contribution >= 4 is 35.3 Å². The minimum atomic E-state index is 0.546. The summed E-state index contributed by atoms with van der Waals surface area (Å²) >= 11 is 6.71. The van der Waals surface area contributed by atoms with Gasteiger partial charge in [-0.25, -0.2) is 0 Å². The number of thioether (sulfide) groups is 1. The summed E-state index contributed by atoms with van der Waals surface area (Å²) in [6, 6.07) is 10.5. The first-order valence-corrected chi connectivity index (χ1v) is 9.93. The van der Waals surface area contributed by atoms with Crippen molar-refractivity contribution in [3.8, 4) is 22.5 Å². The zero-order valence-electron chi connectivity index (χ0n) is 14.5. The molecule has 1 aliphatic rings. The van der Waals surface area contributed by atoms with Crippen LogP contribution < -0.4 is 5.32 Å². The van der Waals surface area contributed by atoms with E-state index in [0.29, 0.717) is 11.1 Å². The van der Waals surface area contributed by atoms with Crippen LogP contribution in [0.25, 0.3) is 33.4 Å². The fourth-order valence-corrected chi connectivity index (χ4v) is 4.90. The lowest BCUT2D eigenvalue weighted by Crippen LogP contribution is -2.44. The maximum Gasteiger partial charge on any atom is 0.206 e. The van der Waals surface area contributed by atoms with Crippen LogP contribution in [0.3, 0.4) is 0 Å². The largest absolute Gasteiger partial charge is 0.314 e. The molecule has 0 spiro atoms. The topological polar surface area (TPSA) is 84.3 Å². The maximum atomic E-state index is 4.87. The number of benzene rings is 2. The van der Waals surface area contributed by atoms with Crippen LogP contribution in [-0.2, 0) is 7.05 Å². The van der Waals surface area contributed by atoms with Crippen LogP contribution in [0.15, 0.2) is 46.3 Å². The highest BCUT2D eigenvalue weighted by Gasteiger charge is 2.23. The second-order valence-electron chi connectivity index (χ2n) is 6.47. The Labute approximate surface area is 165 Å². The number of aromatic amines is 1. The van der Waals surface area contributed by atoms with Crippen molar-refractivity contribution < 1.29 is 0 Å². The van der Waals surface area contributed by atoms with E-state index in [1.165, 1.54) is 0 Å². The normalized spacial score (nSPS) is 14.6. The molecule has 4 aromatic rings. The molecule has 7 nitrogen and oxygen atoms in total. The van der Waals surface area contributed by atoms with Gasteiger partial charge < -0.3 is 5.32 Å². The highest BCUT2D eigenvalue weighted by Crippen LogP contribution is 2.43. The lowest BCUT2D eigenvalue weighted by molar-refractivity contribution is 0.543. The van der Waals surface area contributed by atoms with Crippen LogP contribution in [0.5, 0.6) is 0 Å². The van der Waals surface area contributed by atoms with Gasteiger partial charge >= 0.3 is 0 Å². The number of hydrogen-bond acceptors (Lipinski definition) is 7. The summed E-state index contributed by atoms with van der Waals surface area (Å²) < 4.78 is 1.88. The van der Waals surface area contributed by atoms with E-state index in [1.54, 1.807) is 0 Å². The molecule has 0 bridgehead atoms. The average Bonchev–Trinajstić information content (AvgIpc) is 3.29. The minimum absolute atomic E-state index is 0.546. The van der Waals surface area contributed by atoms with Crippen LogP contribution in [0.1, 0.15) is 0 Å². The Morgan fingerprint density at radius 1 is 1.19 bits per heavy atom. The highest BCUT2D eigenvalue weighted by atomic mass is 32.2. The van der Waals surface area contributed by atoms with E-state index in [4.69, 9.17) is 12.6 Å². The quantitative estimate of drug-likeness (QED) is 0.461. The summed E-state index contributed by atoms with van der Waals surface area (Å²) in [5.74, 6) is 0.546. The molecule has 27 heavy (non-hydrogen) atoms. The van der Waals surface area contributed by atoms with Gasteiger partial charge in [-0.15, -0.1) is 34.6 Å². The second kappa shape index (κ2) is 6.66. The predicted molar refractivity (Wildman–Crippen MR) is 109 cm³/mol. The van der Waals surface area contributed by atoms with Crippen molar-refractivity contribution in [1.82, 2.24) is 35.7 Å². The summed E-state index contributed by atoms with van der Waals surface area (Å²) in [5, 5.41) is 24.2. The summed E-state index contributed by atoms with van der Waals surface area (Å²) in [5.41, 5.74) is 4.07. The number of aryl methyl sites for hydroxylation is 1. The third-order valence-electron chi connectivity index (χ3n) is 4.83. The Kier molecular flexibility index (Phi) is 4.14. The molecule has 136 valence electrons. The fraction of sp³-hybridized carbons (Fsp3) is 0.222. The zero-order chi connectivity index (χ0) is 18.4. The molecule has 0 saturated carbocycles. The molecule has 0 atom stereocenters. The molecule has 2 aromatic carbocycles. The Bertz CT molecular complexity index is 1120. The van der Waals surface area contributed by atoms with Crippen LogP contribution in [0.2, 0.25) is 0 Å². The van der Waals surface area contributed by atoms with Gasteiger partial charge in [0.1, 0.15) is 0 Å². The van der Waals surface area contributed by atoms with E-state index >= 15 is 0 Å². The molecule has 0 aliphatic carbocycles. The van der Waals surface area contributed by atoms with Crippen molar-refractivity contribution in [3.05, 3.63) is 36.5 Å². The molecule has 9 heteroatoms. The molecule has 0 radical (unpaired) electrons. The van der Waals surface area contributed by atoms with Gasteiger partial charge in [-0.1, -0.05) is 18.2 Å². The highest BCUT2D eigenvalue weighted by molar-refractivity contribution is 8.00. The molecule has 0 amide bonds. The first-order chi connectivity index (χ1) is 13.2. The van der Waals surface area contributed by atoms with E-state index in [2.05, 4.69) is 55.3 Å². The van der Waals surface area contributed by atoms with Crippen molar-refractivity contribution in [2.75, 3.05) is 13.1 Å². The number of fused-ring (bicyclic) bond motifs is 1. The van der Waals surface area contributed by atoms with Gasteiger partial charge in [0.25, 0.3) is 0 Å². The molecule has 2 N–H and O–H groups in total. The number of nitrogens with one attached hydrogen (secondary N) is 2. The van der Waals surface area contributed by atoms with Gasteiger partial charge in [-0.2, -0.15) is 10.3 Å². The van der Waals surface area contributed by atoms with Crippen LogP contribution in [-0.4, -0.2) is 48.7 Å². The van der Waals surface area contributed by atoms with E-state index in [0.717, 1.165) is 50.5 Å². The van der Waals surface area contributed by atoms with Crippen LogP contribution >= 0.6 is 24.4 Å². The van der Waals surface area contributed by atoms with Crippen molar-refractivity contribution in [1.29, 1.82) is 0 Å². The van der Waals surface area contributed by atoms with Gasteiger partial charge in [0.15, 0.2) is 0 Å². The summed E-state index contributed by atoms with van der Waals surface area (Å²) in [7, 11) is 1.95. The van der Waals surface area contributed by atoms with Gasteiger partial charge in [-0.3, -0.25) is 4.68 Å². The summed E-state index contributed by atoms with van der Waals surface area (Å²) in [6.07, 6.45) is 1.89. The average molecular weight is 396 g/mol. The number of tetrazole rings is 1. The van der Waals surface area contributed by atoms with Crippen molar-refractivity contribution in [2.45, 2.75) is 15.0 Å². The number of rotatable bonds is 4. The minimum Gasteiger partial charge on any atom is -0.314 e. The van der Waals surface area contributed by atoms with Gasteiger partial charge in [0, 0.05) is 46.1 Å². The monoisotopic (exact) mass is 395 g/mol. The lowest BCUT2D eigenvalue weighted by Gasteiger charge is -2.27. The zero-order valence-corrected chi connectivity index (χ0v) is 16.3.